The molecule has 5 nitrogen and oxygen atoms in total. The van der Waals surface area contributed by atoms with Gasteiger partial charge in [0.1, 0.15) is 19.8 Å². The summed E-state index contributed by atoms with van der Waals surface area (Å²) in [6.07, 6.45) is 2.37. The van der Waals surface area contributed by atoms with Crippen molar-refractivity contribution in [2.45, 2.75) is 26.2 Å². The summed E-state index contributed by atoms with van der Waals surface area (Å²) in [5.74, 6) is 0.229. The van der Waals surface area contributed by atoms with Gasteiger partial charge in [0.15, 0.2) is 6.66 Å². The van der Waals surface area contributed by atoms with E-state index in [1.807, 2.05) is 0 Å². The molecular weight excluding hydrogens is 267 g/mol. The van der Waals surface area contributed by atoms with Crippen LogP contribution in [-0.2, 0) is 23.4 Å². The molecule has 0 N–H and O–H groups in total. The van der Waals surface area contributed by atoms with Gasteiger partial charge >= 0.3 is 14.0 Å². The highest BCUT2D eigenvalue weighted by Gasteiger charge is 2.06. The van der Waals surface area contributed by atoms with Crippen LogP contribution in [0.3, 0.4) is 0 Å². The molecule has 0 rings (SSSR count). The molecule has 19 heavy (non-hydrogen) atoms. The molecule has 0 aliphatic carbocycles. The molecule has 0 saturated carbocycles. The molecule has 0 bridgehead atoms. The lowest BCUT2D eigenvalue weighted by molar-refractivity contribution is -0.140. The molecule has 0 fully saturated rings. The molecule has 108 valence electrons. The van der Waals surface area contributed by atoms with E-state index in [4.69, 9.17) is 14.0 Å². The van der Waals surface area contributed by atoms with Crippen molar-refractivity contribution in [1.29, 1.82) is 0 Å². The van der Waals surface area contributed by atoms with Gasteiger partial charge < -0.3 is 9.47 Å². The average molecular weight is 289 g/mol. The molecule has 0 heterocycles. The zero-order valence-corrected chi connectivity index (χ0v) is 12.5. The highest BCUT2D eigenvalue weighted by molar-refractivity contribution is 7.38. The summed E-state index contributed by atoms with van der Waals surface area (Å²) in [5.41, 5.74) is 0.369. The van der Waals surface area contributed by atoms with Crippen molar-refractivity contribution in [3.8, 4) is 0 Å². The zero-order chi connectivity index (χ0) is 14.7. The topological polar surface area (TPSA) is 61.8 Å². The van der Waals surface area contributed by atoms with E-state index in [2.05, 4.69) is 13.2 Å². The van der Waals surface area contributed by atoms with Crippen molar-refractivity contribution in [1.82, 2.24) is 0 Å². The van der Waals surface area contributed by atoms with Crippen molar-refractivity contribution in [3.05, 3.63) is 24.5 Å². The van der Waals surface area contributed by atoms with E-state index >= 15 is 0 Å². The predicted molar refractivity (Wildman–Crippen MR) is 74.2 cm³/mol. The van der Waals surface area contributed by atoms with Gasteiger partial charge in [-0.1, -0.05) is 13.2 Å². The fourth-order valence-electron chi connectivity index (χ4n) is 1.13. The number of unbranched alkanes of at least 4 members (excludes halogenated alkanes) is 1. The number of ether oxygens (including phenoxy) is 2. The molecule has 0 spiro atoms. The van der Waals surface area contributed by atoms with E-state index in [1.54, 1.807) is 6.92 Å². The lowest BCUT2D eigenvalue weighted by atomic mass is 10.2. The quantitative estimate of drug-likeness (QED) is 0.192. The van der Waals surface area contributed by atoms with Crippen molar-refractivity contribution in [3.63, 3.8) is 0 Å². The van der Waals surface area contributed by atoms with E-state index < -0.39 is 14.0 Å². The Labute approximate surface area is 115 Å². The number of carbonyl (C=O) groups is 1. The minimum atomic E-state index is -1.52. The summed E-state index contributed by atoms with van der Waals surface area (Å²) < 4.78 is 25.8. The first-order chi connectivity index (χ1) is 8.93. The maximum Gasteiger partial charge on any atom is 0.504 e. The van der Waals surface area contributed by atoms with Gasteiger partial charge in [-0.05, 0) is 24.3 Å². The molecule has 6 heteroatoms. The third kappa shape index (κ3) is 11.6. The fourth-order valence-corrected chi connectivity index (χ4v) is 1.52. The van der Waals surface area contributed by atoms with E-state index in [0.717, 1.165) is 12.8 Å². The van der Waals surface area contributed by atoms with Gasteiger partial charge in [0.05, 0.1) is 5.76 Å². The van der Waals surface area contributed by atoms with Crippen LogP contribution in [0, 0.1) is 0 Å². The van der Waals surface area contributed by atoms with Crippen LogP contribution in [-0.4, -0.2) is 32.5 Å². The normalized spacial score (nSPS) is 10.7. The minimum Gasteiger partial charge on any atom is -0.495 e. The van der Waals surface area contributed by atoms with Crippen LogP contribution in [0.1, 0.15) is 26.2 Å². The van der Waals surface area contributed by atoms with Crippen molar-refractivity contribution >= 4 is 14.0 Å². The van der Waals surface area contributed by atoms with Crippen LogP contribution < -0.4 is 0 Å². The van der Waals surface area contributed by atoms with Crippen LogP contribution in [0.4, 0.5) is 0 Å². The molecule has 0 saturated heterocycles. The van der Waals surface area contributed by atoms with E-state index in [0.29, 0.717) is 24.4 Å². The van der Waals surface area contributed by atoms with E-state index in [1.165, 1.54) is 6.66 Å². The van der Waals surface area contributed by atoms with Gasteiger partial charge in [-0.3, -0.25) is 0 Å². The molecule has 0 amide bonds. The smallest absolute Gasteiger partial charge is 0.495 e. The molecule has 0 aromatic rings. The Balaban J connectivity index is 3.42. The van der Waals surface area contributed by atoms with Gasteiger partial charge in [0, 0.05) is 12.0 Å². The SMILES string of the molecule is C=C(CCCCO[P+](C)=O)OCCOC(=O)C(=C)C. The summed E-state index contributed by atoms with van der Waals surface area (Å²) in [6, 6.07) is 0. The van der Waals surface area contributed by atoms with Crippen molar-refractivity contribution < 1.29 is 23.4 Å². The molecule has 0 aliphatic heterocycles. The largest absolute Gasteiger partial charge is 0.504 e. The monoisotopic (exact) mass is 289 g/mol. The second-order valence-corrected chi connectivity index (χ2v) is 5.17. The number of hydrogen-bond donors (Lipinski definition) is 0. The van der Waals surface area contributed by atoms with Crippen molar-refractivity contribution in [2.24, 2.45) is 0 Å². The first kappa shape index (κ1) is 17.8. The van der Waals surface area contributed by atoms with E-state index in [9.17, 15) is 9.36 Å². The average Bonchev–Trinajstić information content (AvgIpc) is 2.33. The van der Waals surface area contributed by atoms with Crippen LogP contribution in [0.25, 0.3) is 0 Å². The first-order valence-electron chi connectivity index (χ1n) is 6.10. The standard InChI is InChI=1S/C13H22O5P/c1-11(2)13(14)17-10-9-16-12(3)7-5-6-8-18-19(4)15/h1,3,5-10H2,2,4H3/q+1. The third-order valence-electron chi connectivity index (χ3n) is 2.09. The predicted octanol–water partition coefficient (Wildman–Crippen LogP) is 3.20. The van der Waals surface area contributed by atoms with Gasteiger partial charge in [-0.15, -0.1) is 4.52 Å². The second kappa shape index (κ2) is 10.7. The molecule has 0 aromatic heterocycles. The summed E-state index contributed by atoms with van der Waals surface area (Å²) in [6.45, 7) is 11.3. The highest BCUT2D eigenvalue weighted by Crippen LogP contribution is 2.16. The van der Waals surface area contributed by atoms with Gasteiger partial charge in [-0.2, -0.15) is 0 Å². The van der Waals surface area contributed by atoms with Gasteiger partial charge in [0.2, 0.25) is 0 Å². The van der Waals surface area contributed by atoms with Crippen LogP contribution in [0.5, 0.6) is 0 Å². The fraction of sp³-hybridized carbons (Fsp3) is 0.615. The number of allylic oxidation sites excluding steroid dienone is 1. The number of esters is 1. The highest BCUT2D eigenvalue weighted by atomic mass is 31.1. The molecular formula is C13H22O5P+. The van der Waals surface area contributed by atoms with Crippen LogP contribution >= 0.6 is 8.03 Å². The van der Waals surface area contributed by atoms with Crippen LogP contribution in [0.15, 0.2) is 24.5 Å². The summed E-state index contributed by atoms with van der Waals surface area (Å²) in [7, 11) is -1.52. The zero-order valence-electron chi connectivity index (χ0n) is 11.6. The Morgan fingerprint density at radius 3 is 2.32 bits per heavy atom. The number of hydrogen-bond acceptors (Lipinski definition) is 5. The summed E-state index contributed by atoms with van der Waals surface area (Å²) in [5, 5.41) is 0. The Hall–Kier alpha value is -1.19. The Kier molecular flexibility index (Phi) is 10.0. The van der Waals surface area contributed by atoms with Crippen LogP contribution in [0.2, 0.25) is 0 Å². The minimum absolute atomic E-state index is 0.185. The number of rotatable bonds is 11. The van der Waals surface area contributed by atoms with Gasteiger partial charge in [-0.25, -0.2) is 4.79 Å². The second-order valence-electron chi connectivity index (χ2n) is 4.03. The Morgan fingerprint density at radius 1 is 1.11 bits per heavy atom. The molecule has 0 radical (unpaired) electrons. The first-order valence-corrected chi connectivity index (χ1v) is 7.73. The Morgan fingerprint density at radius 2 is 1.74 bits per heavy atom. The lowest BCUT2D eigenvalue weighted by Crippen LogP contribution is -2.10. The number of carbonyl (C=O) groups excluding carboxylic acids is 1. The van der Waals surface area contributed by atoms with Crippen molar-refractivity contribution in [2.75, 3.05) is 26.5 Å². The summed E-state index contributed by atoms with van der Waals surface area (Å²) >= 11 is 0. The lowest BCUT2D eigenvalue weighted by Gasteiger charge is -2.09. The molecule has 1 atom stereocenters. The molecule has 1 unspecified atom stereocenters. The maximum absolute atomic E-state index is 11.0. The van der Waals surface area contributed by atoms with E-state index in [-0.39, 0.29) is 13.2 Å². The molecule has 0 aliphatic rings. The summed E-state index contributed by atoms with van der Waals surface area (Å²) in [4.78, 5) is 11.0. The van der Waals surface area contributed by atoms with Gasteiger partial charge in [0.25, 0.3) is 0 Å². The third-order valence-corrected chi connectivity index (χ3v) is 2.64. The maximum atomic E-state index is 11.0. The molecule has 0 aromatic carbocycles. The Bertz CT molecular complexity index is 338.